The molecular formula is C24H25N3O. The first-order valence-corrected chi connectivity index (χ1v) is 10.1. The predicted octanol–water partition coefficient (Wildman–Crippen LogP) is 5.01. The summed E-state index contributed by atoms with van der Waals surface area (Å²) in [4.78, 5) is 10.4. The highest BCUT2D eigenvalue weighted by Gasteiger charge is 2.20. The molecule has 0 unspecified atom stereocenters. The molecule has 1 aliphatic heterocycles. The molecule has 2 aromatic carbocycles. The molecule has 5 rings (SSSR count). The summed E-state index contributed by atoms with van der Waals surface area (Å²) < 4.78 is 6.26. The Morgan fingerprint density at radius 1 is 1.00 bits per heavy atom. The third-order valence-electron chi connectivity index (χ3n) is 5.81. The first-order chi connectivity index (χ1) is 13.9. The number of rotatable bonds is 5. The van der Waals surface area contributed by atoms with Crippen LogP contribution in [-0.4, -0.2) is 34.6 Å². The van der Waals surface area contributed by atoms with Gasteiger partial charge < -0.3 is 9.72 Å². The molecule has 4 nitrogen and oxygen atoms in total. The van der Waals surface area contributed by atoms with Crippen molar-refractivity contribution in [2.45, 2.75) is 19.4 Å². The highest BCUT2D eigenvalue weighted by molar-refractivity contribution is 6.08. The third-order valence-corrected chi connectivity index (χ3v) is 5.81. The van der Waals surface area contributed by atoms with Gasteiger partial charge in [-0.25, -0.2) is 0 Å². The quantitative estimate of drug-likeness (QED) is 0.536. The van der Waals surface area contributed by atoms with Crippen LogP contribution in [0.2, 0.25) is 0 Å². The van der Waals surface area contributed by atoms with Gasteiger partial charge in [0.15, 0.2) is 5.88 Å². The lowest BCUT2D eigenvalue weighted by Crippen LogP contribution is -2.35. The van der Waals surface area contributed by atoms with E-state index in [-0.39, 0.29) is 0 Å². The van der Waals surface area contributed by atoms with Gasteiger partial charge in [-0.05, 0) is 43.5 Å². The molecule has 0 saturated carbocycles. The van der Waals surface area contributed by atoms with Crippen LogP contribution in [0.25, 0.3) is 21.7 Å². The number of piperidine rings is 1. The maximum absolute atomic E-state index is 6.26. The Morgan fingerprint density at radius 3 is 2.64 bits per heavy atom. The van der Waals surface area contributed by atoms with Crippen molar-refractivity contribution in [2.24, 2.45) is 5.92 Å². The molecule has 0 radical (unpaired) electrons. The topological polar surface area (TPSA) is 41.1 Å². The summed E-state index contributed by atoms with van der Waals surface area (Å²) >= 11 is 0. The summed E-state index contributed by atoms with van der Waals surface area (Å²) in [6.07, 6.45) is 6.29. The van der Waals surface area contributed by atoms with Crippen molar-refractivity contribution in [1.82, 2.24) is 14.9 Å². The van der Waals surface area contributed by atoms with Crippen molar-refractivity contribution < 1.29 is 4.74 Å². The van der Waals surface area contributed by atoms with Crippen LogP contribution in [0.4, 0.5) is 0 Å². The van der Waals surface area contributed by atoms with Crippen LogP contribution in [0.1, 0.15) is 18.4 Å². The minimum atomic E-state index is 0.610. The largest absolute Gasteiger partial charge is 0.478 e. The Kier molecular flexibility index (Phi) is 4.71. The Balaban J connectivity index is 1.22. The smallest absolute Gasteiger partial charge is 0.199 e. The number of ether oxygens (including phenoxy) is 1. The molecule has 28 heavy (non-hydrogen) atoms. The monoisotopic (exact) mass is 371 g/mol. The average molecular weight is 371 g/mol. The standard InChI is InChI=1S/C24H25N3O/c1-2-6-18(7-3-1)16-27-12-10-19(11-13-27)17-28-24-23-20(15-26-24)14-25-22-9-5-4-8-21(22)23/h1-9,14-15,19,26H,10-13,16-17H2. The number of para-hydroxylation sites is 1. The zero-order valence-electron chi connectivity index (χ0n) is 16.0. The van der Waals surface area contributed by atoms with Crippen LogP contribution in [-0.2, 0) is 6.54 Å². The van der Waals surface area contributed by atoms with E-state index in [1.165, 1.54) is 18.4 Å². The van der Waals surface area contributed by atoms with Gasteiger partial charge in [0, 0.05) is 29.7 Å². The van der Waals surface area contributed by atoms with Gasteiger partial charge >= 0.3 is 0 Å². The molecule has 0 bridgehead atoms. The molecule has 0 amide bonds. The summed E-state index contributed by atoms with van der Waals surface area (Å²) in [5.74, 6) is 1.48. The Labute approximate surface area is 165 Å². The Hall–Kier alpha value is -2.85. The first-order valence-electron chi connectivity index (χ1n) is 10.1. The maximum Gasteiger partial charge on any atom is 0.199 e. The van der Waals surface area contributed by atoms with Crippen LogP contribution in [0.5, 0.6) is 5.88 Å². The van der Waals surface area contributed by atoms with Gasteiger partial charge in [-0.1, -0.05) is 48.5 Å². The number of aromatic amines is 1. The van der Waals surface area contributed by atoms with Crippen LogP contribution < -0.4 is 4.74 Å². The van der Waals surface area contributed by atoms with Crippen molar-refractivity contribution >= 4 is 21.7 Å². The number of benzene rings is 2. The van der Waals surface area contributed by atoms with E-state index in [1.54, 1.807) is 0 Å². The molecule has 1 aliphatic rings. The van der Waals surface area contributed by atoms with E-state index in [1.807, 2.05) is 24.5 Å². The van der Waals surface area contributed by atoms with Crippen molar-refractivity contribution in [3.63, 3.8) is 0 Å². The van der Waals surface area contributed by atoms with Crippen LogP contribution in [0.3, 0.4) is 0 Å². The normalized spacial score (nSPS) is 16.0. The van der Waals surface area contributed by atoms with Crippen molar-refractivity contribution in [1.29, 1.82) is 0 Å². The second kappa shape index (κ2) is 7.64. The predicted molar refractivity (Wildman–Crippen MR) is 114 cm³/mol. The number of likely N-dealkylation sites (tertiary alicyclic amines) is 1. The summed E-state index contributed by atoms with van der Waals surface area (Å²) in [7, 11) is 0. The van der Waals surface area contributed by atoms with E-state index in [4.69, 9.17) is 4.74 Å². The maximum atomic E-state index is 6.26. The molecule has 1 N–H and O–H groups in total. The fourth-order valence-electron chi connectivity index (χ4n) is 4.20. The summed E-state index contributed by atoms with van der Waals surface area (Å²) in [5.41, 5.74) is 2.41. The average Bonchev–Trinajstić information content (AvgIpc) is 3.18. The van der Waals surface area contributed by atoms with E-state index in [0.29, 0.717) is 5.92 Å². The molecule has 0 atom stereocenters. The van der Waals surface area contributed by atoms with E-state index < -0.39 is 0 Å². The van der Waals surface area contributed by atoms with Gasteiger partial charge in [-0.15, -0.1) is 0 Å². The molecule has 1 fully saturated rings. The molecule has 4 heteroatoms. The molecule has 0 spiro atoms. The van der Waals surface area contributed by atoms with E-state index in [0.717, 1.165) is 53.8 Å². The Bertz CT molecular complexity index is 1070. The molecule has 142 valence electrons. The van der Waals surface area contributed by atoms with E-state index >= 15 is 0 Å². The number of aromatic nitrogens is 2. The van der Waals surface area contributed by atoms with Crippen molar-refractivity contribution in [3.05, 3.63) is 72.6 Å². The van der Waals surface area contributed by atoms with Gasteiger partial charge in [0.05, 0.1) is 17.5 Å². The van der Waals surface area contributed by atoms with Crippen LogP contribution >= 0.6 is 0 Å². The number of nitrogens with zero attached hydrogens (tertiary/aromatic N) is 2. The van der Waals surface area contributed by atoms with Crippen molar-refractivity contribution in [2.75, 3.05) is 19.7 Å². The van der Waals surface area contributed by atoms with Crippen LogP contribution in [0, 0.1) is 5.92 Å². The summed E-state index contributed by atoms with van der Waals surface area (Å²) in [6, 6.07) is 19.0. The Morgan fingerprint density at radius 2 is 1.79 bits per heavy atom. The lowest BCUT2D eigenvalue weighted by Gasteiger charge is -2.31. The van der Waals surface area contributed by atoms with E-state index in [2.05, 4.69) is 57.3 Å². The molecular weight excluding hydrogens is 346 g/mol. The highest BCUT2D eigenvalue weighted by Crippen LogP contribution is 2.32. The van der Waals surface area contributed by atoms with Gasteiger partial charge in [-0.3, -0.25) is 9.88 Å². The molecule has 4 aromatic rings. The van der Waals surface area contributed by atoms with Gasteiger partial charge in [0.2, 0.25) is 0 Å². The number of H-pyrrole nitrogens is 1. The van der Waals surface area contributed by atoms with Gasteiger partial charge in [-0.2, -0.15) is 0 Å². The zero-order chi connectivity index (χ0) is 18.8. The number of fused-ring (bicyclic) bond motifs is 3. The lowest BCUT2D eigenvalue weighted by atomic mass is 9.97. The number of hydrogen-bond acceptors (Lipinski definition) is 3. The van der Waals surface area contributed by atoms with Gasteiger partial charge in [0.1, 0.15) is 0 Å². The second-order valence-electron chi connectivity index (χ2n) is 7.74. The fraction of sp³-hybridized carbons (Fsp3) is 0.292. The lowest BCUT2D eigenvalue weighted by molar-refractivity contribution is 0.135. The SMILES string of the molecule is c1ccc(CN2CCC(COc3[nH]cc4cnc5ccccc5c34)CC2)cc1. The molecule has 2 aromatic heterocycles. The number of pyridine rings is 1. The minimum Gasteiger partial charge on any atom is -0.478 e. The van der Waals surface area contributed by atoms with Gasteiger partial charge in [0.25, 0.3) is 0 Å². The highest BCUT2D eigenvalue weighted by atomic mass is 16.5. The number of hydrogen-bond donors (Lipinski definition) is 1. The zero-order valence-corrected chi connectivity index (χ0v) is 16.0. The number of nitrogens with one attached hydrogen (secondary N) is 1. The molecule has 1 saturated heterocycles. The van der Waals surface area contributed by atoms with E-state index in [9.17, 15) is 0 Å². The summed E-state index contributed by atoms with van der Waals surface area (Å²) in [6.45, 7) is 4.10. The fourth-order valence-corrected chi connectivity index (χ4v) is 4.20. The third kappa shape index (κ3) is 3.48. The first kappa shape index (κ1) is 17.3. The van der Waals surface area contributed by atoms with Crippen LogP contribution in [0.15, 0.2) is 67.0 Å². The molecule has 0 aliphatic carbocycles. The molecule has 3 heterocycles. The minimum absolute atomic E-state index is 0.610. The second-order valence-corrected chi connectivity index (χ2v) is 7.74. The summed E-state index contributed by atoms with van der Waals surface area (Å²) in [5, 5.41) is 3.40. The van der Waals surface area contributed by atoms with Crippen molar-refractivity contribution in [3.8, 4) is 5.88 Å².